The Kier molecular flexibility index (Phi) is 5.83. The first-order valence-corrected chi connectivity index (χ1v) is 7.59. The smallest absolute Gasteiger partial charge is 0.421 e. The molecule has 1 fully saturated rings. The molecule has 18 heavy (non-hydrogen) atoms. The molecule has 0 aromatic heterocycles. The van der Waals surface area contributed by atoms with Crippen molar-refractivity contribution in [3.05, 3.63) is 0 Å². The summed E-state index contributed by atoms with van der Waals surface area (Å²) >= 11 is 0. The van der Waals surface area contributed by atoms with E-state index in [1.54, 1.807) is 6.92 Å². The molecule has 3 N–H and O–H groups in total. The fourth-order valence-corrected chi connectivity index (χ4v) is 3.03. The minimum Gasteiger partial charge on any atom is -0.449 e. The van der Waals surface area contributed by atoms with Crippen molar-refractivity contribution in [2.75, 3.05) is 13.7 Å². The van der Waals surface area contributed by atoms with E-state index in [-0.39, 0.29) is 12.6 Å². The summed E-state index contributed by atoms with van der Waals surface area (Å²) in [5, 5.41) is 3.17. The van der Waals surface area contributed by atoms with Crippen LogP contribution in [0.5, 0.6) is 0 Å². The van der Waals surface area contributed by atoms with E-state index in [9.17, 15) is 13.2 Å². The molecule has 1 aliphatic carbocycles. The Morgan fingerprint density at radius 2 is 1.78 bits per heavy atom. The summed E-state index contributed by atoms with van der Waals surface area (Å²) < 4.78 is 32.0. The molecular weight excluding hydrogens is 258 g/mol. The maximum atomic E-state index is 11.6. The molecule has 8 heteroatoms. The Hall–Kier alpha value is -0.860. The number of ether oxygens (including phenoxy) is 1. The highest BCUT2D eigenvalue weighted by Crippen LogP contribution is 2.18. The third-order valence-corrected chi connectivity index (χ3v) is 4.03. The number of hydrogen-bond donors (Lipinski definition) is 3. The van der Waals surface area contributed by atoms with Crippen LogP contribution in [0.3, 0.4) is 0 Å². The highest BCUT2D eigenvalue weighted by molar-refractivity contribution is 7.88. The van der Waals surface area contributed by atoms with Gasteiger partial charge >= 0.3 is 16.3 Å². The predicted molar refractivity (Wildman–Crippen MR) is 67.3 cm³/mol. The van der Waals surface area contributed by atoms with Gasteiger partial charge < -0.3 is 10.1 Å². The van der Waals surface area contributed by atoms with Crippen LogP contribution in [-0.4, -0.2) is 40.2 Å². The largest absolute Gasteiger partial charge is 0.449 e. The number of rotatable bonds is 5. The molecule has 7 nitrogen and oxygen atoms in total. The topological polar surface area (TPSA) is 96.5 Å². The van der Waals surface area contributed by atoms with Crippen LogP contribution >= 0.6 is 0 Å². The molecule has 0 saturated heterocycles. The quantitative estimate of drug-likeness (QED) is 0.663. The summed E-state index contributed by atoms with van der Waals surface area (Å²) in [5.41, 5.74) is 0. The molecule has 1 aliphatic rings. The summed E-state index contributed by atoms with van der Waals surface area (Å²) in [4.78, 5) is 11.0. The fraction of sp³-hybridized carbons (Fsp3) is 0.900. The van der Waals surface area contributed by atoms with Gasteiger partial charge in [0.25, 0.3) is 0 Å². The predicted octanol–water partition coefficient (Wildman–Crippen LogP) is 0.0975. The molecule has 106 valence electrons. The lowest BCUT2D eigenvalue weighted by molar-refractivity contribution is 0.158. The van der Waals surface area contributed by atoms with Crippen LogP contribution in [0.1, 0.15) is 32.6 Å². The van der Waals surface area contributed by atoms with Gasteiger partial charge in [0, 0.05) is 12.1 Å². The Morgan fingerprint density at radius 1 is 1.22 bits per heavy atom. The number of amides is 1. The van der Waals surface area contributed by atoms with E-state index in [4.69, 9.17) is 0 Å². The van der Waals surface area contributed by atoms with Crippen LogP contribution in [0, 0.1) is 0 Å². The van der Waals surface area contributed by atoms with Gasteiger partial charge in [-0.3, -0.25) is 0 Å². The van der Waals surface area contributed by atoms with Crippen molar-refractivity contribution in [1.82, 2.24) is 14.8 Å². The van der Waals surface area contributed by atoms with Crippen LogP contribution in [0.2, 0.25) is 0 Å². The normalized spacial score (nSPS) is 24.6. The molecule has 0 aromatic rings. The van der Waals surface area contributed by atoms with Gasteiger partial charge in [0.1, 0.15) is 0 Å². The second-order valence-electron chi connectivity index (χ2n) is 4.28. The minimum absolute atomic E-state index is 0.124. The van der Waals surface area contributed by atoms with Crippen LogP contribution in [0.25, 0.3) is 0 Å². The number of carbonyl (C=O) groups is 1. The third-order valence-electron chi connectivity index (χ3n) is 2.95. The molecule has 0 spiro atoms. The van der Waals surface area contributed by atoms with Crippen molar-refractivity contribution in [2.24, 2.45) is 0 Å². The van der Waals surface area contributed by atoms with Crippen LogP contribution in [-0.2, 0) is 14.9 Å². The molecule has 0 unspecified atom stereocenters. The van der Waals surface area contributed by atoms with E-state index in [0.717, 1.165) is 25.7 Å². The summed E-state index contributed by atoms with van der Waals surface area (Å²) in [6.45, 7) is 1.74. The Labute approximate surface area is 108 Å². The first kappa shape index (κ1) is 15.2. The Morgan fingerprint density at radius 3 is 2.28 bits per heavy atom. The van der Waals surface area contributed by atoms with Crippen LogP contribution in [0.15, 0.2) is 0 Å². The van der Waals surface area contributed by atoms with Crippen molar-refractivity contribution < 1.29 is 17.9 Å². The molecule has 0 aliphatic heterocycles. The van der Waals surface area contributed by atoms with E-state index in [2.05, 4.69) is 14.8 Å². The van der Waals surface area contributed by atoms with Gasteiger partial charge in [-0.15, -0.1) is 0 Å². The van der Waals surface area contributed by atoms with Crippen LogP contribution < -0.4 is 14.8 Å². The van der Waals surface area contributed by atoms with Gasteiger partial charge in [0.05, 0.1) is 6.61 Å². The highest BCUT2D eigenvalue weighted by Gasteiger charge is 2.25. The van der Waals surface area contributed by atoms with Gasteiger partial charge in [-0.1, -0.05) is 0 Å². The Balaban J connectivity index is 2.39. The maximum Gasteiger partial charge on any atom is 0.421 e. The second kappa shape index (κ2) is 6.91. The zero-order valence-electron chi connectivity index (χ0n) is 10.7. The SMILES string of the molecule is CCOC(=O)NS(=O)(=O)NC1CCC(NC)CC1. The highest BCUT2D eigenvalue weighted by atomic mass is 32.2. The zero-order chi connectivity index (χ0) is 13.6. The van der Waals surface area contributed by atoms with Crippen molar-refractivity contribution in [2.45, 2.75) is 44.7 Å². The number of hydrogen-bond acceptors (Lipinski definition) is 5. The maximum absolute atomic E-state index is 11.6. The Bertz CT molecular complexity index is 363. The van der Waals surface area contributed by atoms with Crippen molar-refractivity contribution >= 4 is 16.3 Å². The first-order valence-electron chi connectivity index (χ1n) is 6.11. The summed E-state index contributed by atoms with van der Waals surface area (Å²) in [6.07, 6.45) is 2.41. The molecule has 0 aromatic carbocycles. The van der Waals surface area contributed by atoms with E-state index in [0.29, 0.717) is 6.04 Å². The first-order chi connectivity index (χ1) is 8.46. The molecule has 0 radical (unpaired) electrons. The average Bonchev–Trinajstić information content (AvgIpc) is 2.29. The standard InChI is InChI=1S/C10H21N3O4S/c1-3-17-10(14)13-18(15,16)12-9-6-4-8(11-2)5-7-9/h8-9,11-12H,3-7H2,1-2H3,(H,13,14). The summed E-state index contributed by atoms with van der Waals surface area (Å²) in [5.74, 6) is 0. The summed E-state index contributed by atoms with van der Waals surface area (Å²) in [7, 11) is -1.92. The van der Waals surface area contributed by atoms with E-state index < -0.39 is 16.3 Å². The lowest BCUT2D eigenvalue weighted by atomic mass is 9.92. The van der Waals surface area contributed by atoms with Crippen molar-refractivity contribution in [1.29, 1.82) is 0 Å². The zero-order valence-corrected chi connectivity index (χ0v) is 11.5. The average molecular weight is 279 g/mol. The molecule has 1 saturated carbocycles. The van der Waals surface area contributed by atoms with Gasteiger partial charge in [0.15, 0.2) is 0 Å². The monoisotopic (exact) mass is 279 g/mol. The van der Waals surface area contributed by atoms with E-state index >= 15 is 0 Å². The van der Waals surface area contributed by atoms with Gasteiger partial charge in [-0.05, 0) is 39.7 Å². The van der Waals surface area contributed by atoms with E-state index in [1.165, 1.54) is 0 Å². The van der Waals surface area contributed by atoms with Crippen LogP contribution in [0.4, 0.5) is 4.79 Å². The molecular formula is C10H21N3O4S. The molecule has 0 bridgehead atoms. The van der Waals surface area contributed by atoms with Gasteiger partial charge in [-0.25, -0.2) is 9.52 Å². The molecule has 1 rings (SSSR count). The lowest BCUT2D eigenvalue weighted by Gasteiger charge is -2.28. The third kappa shape index (κ3) is 5.19. The molecule has 0 atom stereocenters. The molecule has 1 amide bonds. The van der Waals surface area contributed by atoms with Crippen molar-refractivity contribution in [3.8, 4) is 0 Å². The van der Waals surface area contributed by atoms with E-state index in [1.807, 2.05) is 11.8 Å². The summed E-state index contributed by atoms with van der Waals surface area (Å²) in [6, 6.07) is 0.324. The number of carbonyl (C=O) groups excluding carboxylic acids is 1. The number of nitrogens with one attached hydrogen (secondary N) is 3. The second-order valence-corrected chi connectivity index (χ2v) is 5.73. The van der Waals surface area contributed by atoms with Crippen molar-refractivity contribution in [3.63, 3.8) is 0 Å². The van der Waals surface area contributed by atoms with Gasteiger partial charge in [-0.2, -0.15) is 13.1 Å². The lowest BCUT2D eigenvalue weighted by Crippen LogP contribution is -2.47. The minimum atomic E-state index is -3.82. The fourth-order valence-electron chi connectivity index (χ4n) is 2.02. The van der Waals surface area contributed by atoms with Gasteiger partial charge in [0.2, 0.25) is 0 Å². The molecule has 0 heterocycles.